The van der Waals surface area contributed by atoms with Gasteiger partial charge in [-0.1, -0.05) is 0 Å². The molecule has 1 aromatic rings. The van der Waals surface area contributed by atoms with Gasteiger partial charge in [0.2, 0.25) is 0 Å². The molecule has 0 aliphatic carbocycles. The molecule has 13 heteroatoms. The maximum Gasteiger partial charge on any atom is 0.490 e. The zero-order chi connectivity index (χ0) is 22.6. The molecular formula is C18H20F4N4O5. The fourth-order valence-corrected chi connectivity index (χ4v) is 3.16. The summed E-state index contributed by atoms with van der Waals surface area (Å²) in [4.78, 5) is 37.3. The van der Waals surface area contributed by atoms with Crippen molar-refractivity contribution in [3.8, 4) is 0 Å². The van der Waals surface area contributed by atoms with Gasteiger partial charge in [0.15, 0.2) is 6.61 Å². The average molecular weight is 448 g/mol. The Balaban J connectivity index is 1.51. The van der Waals surface area contributed by atoms with Gasteiger partial charge in [0.25, 0.3) is 5.91 Å². The van der Waals surface area contributed by atoms with Gasteiger partial charge in [0.05, 0.1) is 24.5 Å². The van der Waals surface area contributed by atoms with Crippen LogP contribution in [-0.2, 0) is 19.1 Å². The molecule has 31 heavy (non-hydrogen) atoms. The second-order valence-corrected chi connectivity index (χ2v) is 6.87. The number of hydrogen-bond donors (Lipinski definition) is 2. The zero-order valence-electron chi connectivity index (χ0n) is 16.2. The number of ether oxygens (including phenoxy) is 2. The van der Waals surface area contributed by atoms with Crippen molar-refractivity contribution >= 4 is 29.3 Å². The maximum absolute atomic E-state index is 14.6. The van der Waals surface area contributed by atoms with Crippen molar-refractivity contribution in [2.24, 2.45) is 0 Å². The molecular weight excluding hydrogens is 428 g/mol. The van der Waals surface area contributed by atoms with Crippen LogP contribution >= 0.6 is 0 Å². The summed E-state index contributed by atoms with van der Waals surface area (Å²) in [6.07, 6.45) is -6.76. The molecule has 1 atom stereocenters. The predicted octanol–water partition coefficient (Wildman–Crippen LogP) is 0.782. The highest BCUT2D eigenvalue weighted by molar-refractivity contribution is 5.90. The molecule has 2 heterocycles. The molecule has 1 aromatic carbocycles. The highest BCUT2D eigenvalue weighted by Gasteiger charge is 2.41. The van der Waals surface area contributed by atoms with Gasteiger partial charge in [-0.15, -0.1) is 0 Å². The van der Waals surface area contributed by atoms with Crippen LogP contribution < -0.4 is 20.4 Å². The minimum atomic E-state index is -5.20. The SMILES string of the molecule is O=C(COC(=O)C(F)(F)F)NC[C@H]1CN(c2ccc(N3CCNCC3)c(F)c2)C(=O)O1. The van der Waals surface area contributed by atoms with Gasteiger partial charge in [-0.05, 0) is 18.2 Å². The number of carbonyl (C=O) groups is 3. The lowest BCUT2D eigenvalue weighted by molar-refractivity contribution is -0.200. The molecule has 0 saturated carbocycles. The van der Waals surface area contributed by atoms with Crippen LogP contribution in [0.5, 0.6) is 0 Å². The number of anilines is 2. The second kappa shape index (κ2) is 9.37. The van der Waals surface area contributed by atoms with Crippen molar-refractivity contribution in [1.29, 1.82) is 0 Å². The number of piperazine rings is 1. The number of carbonyl (C=O) groups excluding carboxylic acids is 3. The van der Waals surface area contributed by atoms with Crippen LogP contribution in [0.2, 0.25) is 0 Å². The molecule has 2 N–H and O–H groups in total. The first-order chi connectivity index (χ1) is 14.6. The zero-order valence-corrected chi connectivity index (χ0v) is 16.2. The topological polar surface area (TPSA) is 100 Å². The van der Waals surface area contributed by atoms with Crippen LogP contribution in [0.3, 0.4) is 0 Å². The molecule has 2 fully saturated rings. The summed E-state index contributed by atoms with van der Waals surface area (Å²) < 4.78 is 59.6. The number of benzene rings is 1. The van der Waals surface area contributed by atoms with Crippen molar-refractivity contribution in [3.05, 3.63) is 24.0 Å². The number of cyclic esters (lactones) is 1. The van der Waals surface area contributed by atoms with Gasteiger partial charge in [-0.2, -0.15) is 13.2 Å². The van der Waals surface area contributed by atoms with E-state index in [0.29, 0.717) is 18.8 Å². The van der Waals surface area contributed by atoms with E-state index < -0.39 is 42.7 Å². The highest BCUT2D eigenvalue weighted by atomic mass is 19.4. The number of nitrogens with zero attached hydrogens (tertiary/aromatic N) is 2. The van der Waals surface area contributed by atoms with Gasteiger partial charge in [-0.25, -0.2) is 14.0 Å². The second-order valence-electron chi connectivity index (χ2n) is 6.87. The Bertz CT molecular complexity index is 845. The Kier molecular flexibility index (Phi) is 6.83. The molecule has 0 bridgehead atoms. The first-order valence-electron chi connectivity index (χ1n) is 9.39. The minimum Gasteiger partial charge on any atom is -0.449 e. The standard InChI is InChI=1S/C18H20F4N4O5/c19-13-7-11(1-2-14(13)25-5-3-23-4-6-25)26-9-12(31-17(26)29)8-24-15(27)10-30-16(28)18(20,21)22/h1-2,7,12,23H,3-6,8-10H2,(H,24,27)/t12-/m0/s1. The Morgan fingerprint density at radius 1 is 1.26 bits per heavy atom. The van der Waals surface area contributed by atoms with Crippen LogP contribution in [0.1, 0.15) is 0 Å². The summed E-state index contributed by atoms with van der Waals surface area (Å²) >= 11 is 0. The number of nitrogens with one attached hydrogen (secondary N) is 2. The monoisotopic (exact) mass is 448 g/mol. The fourth-order valence-electron chi connectivity index (χ4n) is 3.16. The molecule has 0 radical (unpaired) electrons. The van der Waals surface area contributed by atoms with Crippen molar-refractivity contribution < 1.29 is 41.4 Å². The summed E-state index contributed by atoms with van der Waals surface area (Å²) in [7, 11) is 0. The third-order valence-electron chi connectivity index (χ3n) is 4.67. The smallest absolute Gasteiger partial charge is 0.449 e. The van der Waals surface area contributed by atoms with Crippen LogP contribution in [-0.4, -0.2) is 76.1 Å². The van der Waals surface area contributed by atoms with Crippen molar-refractivity contribution in [2.45, 2.75) is 12.3 Å². The van der Waals surface area contributed by atoms with Gasteiger partial charge in [0, 0.05) is 26.2 Å². The maximum atomic E-state index is 14.6. The lowest BCUT2D eigenvalue weighted by Crippen LogP contribution is -2.43. The minimum absolute atomic E-state index is 0.00608. The van der Waals surface area contributed by atoms with E-state index >= 15 is 0 Å². The van der Waals surface area contributed by atoms with Crippen molar-refractivity contribution in [3.63, 3.8) is 0 Å². The molecule has 3 rings (SSSR count). The normalized spacial score (nSPS) is 19.2. The molecule has 9 nitrogen and oxygen atoms in total. The van der Waals surface area contributed by atoms with Gasteiger partial charge in [-0.3, -0.25) is 9.69 Å². The van der Waals surface area contributed by atoms with Crippen LogP contribution in [0, 0.1) is 5.82 Å². The van der Waals surface area contributed by atoms with Crippen LogP contribution in [0.25, 0.3) is 0 Å². The number of rotatable bonds is 6. The number of amides is 2. The Morgan fingerprint density at radius 3 is 2.61 bits per heavy atom. The third-order valence-corrected chi connectivity index (χ3v) is 4.67. The summed E-state index contributed by atoms with van der Waals surface area (Å²) in [6.45, 7) is 1.44. The molecule has 0 spiro atoms. The van der Waals surface area contributed by atoms with Gasteiger partial charge < -0.3 is 25.0 Å². The van der Waals surface area contributed by atoms with Gasteiger partial charge in [0.1, 0.15) is 11.9 Å². The highest BCUT2D eigenvalue weighted by Crippen LogP contribution is 2.28. The molecule has 2 saturated heterocycles. The van der Waals surface area contributed by atoms with Crippen LogP contribution in [0.4, 0.5) is 33.7 Å². The van der Waals surface area contributed by atoms with Crippen molar-refractivity contribution in [1.82, 2.24) is 10.6 Å². The molecule has 170 valence electrons. The molecule has 2 aliphatic rings. The first kappa shape index (κ1) is 22.6. The lowest BCUT2D eigenvalue weighted by Gasteiger charge is -2.30. The number of esters is 1. The number of halogens is 4. The summed E-state index contributed by atoms with van der Waals surface area (Å²) in [5.74, 6) is -3.96. The Labute approximate surface area is 174 Å². The summed E-state index contributed by atoms with van der Waals surface area (Å²) in [6, 6.07) is 4.38. The number of hydrogen-bond acceptors (Lipinski definition) is 7. The Hall–Kier alpha value is -3.09. The number of alkyl halides is 3. The Morgan fingerprint density at radius 2 is 1.97 bits per heavy atom. The van der Waals surface area contributed by atoms with E-state index in [1.165, 1.54) is 11.0 Å². The van der Waals surface area contributed by atoms with Crippen molar-refractivity contribution in [2.75, 3.05) is 55.7 Å². The van der Waals surface area contributed by atoms with Crippen LogP contribution in [0.15, 0.2) is 18.2 Å². The van der Waals surface area contributed by atoms with E-state index in [1.807, 2.05) is 4.90 Å². The van der Waals surface area contributed by atoms with E-state index in [1.54, 1.807) is 12.1 Å². The fraction of sp³-hybridized carbons (Fsp3) is 0.500. The van der Waals surface area contributed by atoms with E-state index in [9.17, 15) is 31.9 Å². The molecule has 2 aliphatic heterocycles. The lowest BCUT2D eigenvalue weighted by atomic mass is 10.2. The van der Waals surface area contributed by atoms with E-state index in [0.717, 1.165) is 13.1 Å². The molecule has 0 aromatic heterocycles. The molecule has 0 unspecified atom stereocenters. The largest absolute Gasteiger partial charge is 0.490 e. The first-order valence-corrected chi connectivity index (χ1v) is 9.39. The third kappa shape index (κ3) is 5.75. The van der Waals surface area contributed by atoms with E-state index in [2.05, 4.69) is 15.4 Å². The van der Waals surface area contributed by atoms with E-state index in [-0.39, 0.29) is 18.8 Å². The predicted molar refractivity (Wildman–Crippen MR) is 99.1 cm³/mol. The molecule has 2 amide bonds. The quantitative estimate of drug-likeness (QED) is 0.490. The summed E-state index contributed by atoms with van der Waals surface area (Å²) in [5.41, 5.74) is 0.698. The van der Waals surface area contributed by atoms with E-state index in [4.69, 9.17) is 4.74 Å². The van der Waals surface area contributed by atoms with Gasteiger partial charge >= 0.3 is 18.2 Å². The average Bonchev–Trinajstić information content (AvgIpc) is 3.10. The summed E-state index contributed by atoms with van der Waals surface area (Å²) in [5, 5.41) is 5.39.